The zero-order valence-electron chi connectivity index (χ0n) is 11.1. The molecular formula is C11H21NO5S. The highest BCUT2D eigenvalue weighted by atomic mass is 32.2. The van der Waals surface area contributed by atoms with E-state index in [-0.39, 0.29) is 18.8 Å². The molecule has 0 radical (unpaired) electrons. The van der Waals surface area contributed by atoms with Gasteiger partial charge in [-0.2, -0.15) is 8.42 Å². The largest absolute Gasteiger partial charge is 0.462 e. The summed E-state index contributed by atoms with van der Waals surface area (Å²) in [7, 11) is -2.38. The number of esters is 1. The molecule has 0 spiro atoms. The summed E-state index contributed by atoms with van der Waals surface area (Å²) >= 11 is 0. The van der Waals surface area contributed by atoms with Gasteiger partial charge in [-0.25, -0.2) is 4.79 Å². The zero-order valence-corrected chi connectivity index (χ0v) is 11.9. The SMILES string of the molecule is COS(=O)(=O)CCCOC(=O)C(C)=C(C)CCN. The Bertz CT molecular complexity index is 400. The molecule has 0 heterocycles. The van der Waals surface area contributed by atoms with Crippen LogP contribution in [0.15, 0.2) is 11.1 Å². The second-order valence-electron chi connectivity index (χ2n) is 3.86. The summed E-state index contributed by atoms with van der Waals surface area (Å²) in [6, 6.07) is 0. The Morgan fingerprint density at radius 3 is 2.39 bits per heavy atom. The maximum absolute atomic E-state index is 11.6. The quantitative estimate of drug-likeness (QED) is 0.302. The van der Waals surface area contributed by atoms with Crippen LogP contribution >= 0.6 is 0 Å². The molecule has 0 unspecified atom stereocenters. The van der Waals surface area contributed by atoms with Crippen LogP contribution in [-0.4, -0.2) is 40.4 Å². The smallest absolute Gasteiger partial charge is 0.333 e. The van der Waals surface area contributed by atoms with Gasteiger partial charge in [-0.3, -0.25) is 4.18 Å². The van der Waals surface area contributed by atoms with E-state index in [1.54, 1.807) is 6.92 Å². The second-order valence-corrected chi connectivity index (χ2v) is 5.72. The lowest BCUT2D eigenvalue weighted by Crippen LogP contribution is -2.14. The first kappa shape index (κ1) is 17.1. The van der Waals surface area contributed by atoms with Crippen molar-refractivity contribution in [2.75, 3.05) is 26.0 Å². The van der Waals surface area contributed by atoms with Gasteiger partial charge in [0, 0.05) is 5.57 Å². The van der Waals surface area contributed by atoms with Crippen LogP contribution in [0.4, 0.5) is 0 Å². The number of nitrogens with two attached hydrogens (primary N) is 1. The standard InChI is InChI=1S/C11H21NO5S/c1-9(5-6-12)10(2)11(13)17-7-4-8-18(14,15)16-3/h4-8,12H2,1-3H3. The molecule has 0 aliphatic heterocycles. The Labute approximate surface area is 108 Å². The van der Waals surface area contributed by atoms with E-state index in [4.69, 9.17) is 10.5 Å². The van der Waals surface area contributed by atoms with E-state index in [0.29, 0.717) is 18.5 Å². The lowest BCUT2D eigenvalue weighted by molar-refractivity contribution is -0.139. The van der Waals surface area contributed by atoms with E-state index < -0.39 is 16.1 Å². The first-order chi connectivity index (χ1) is 8.34. The first-order valence-electron chi connectivity index (χ1n) is 5.66. The van der Waals surface area contributed by atoms with Crippen molar-refractivity contribution in [2.24, 2.45) is 5.73 Å². The molecule has 18 heavy (non-hydrogen) atoms. The van der Waals surface area contributed by atoms with E-state index in [2.05, 4.69) is 4.18 Å². The fraction of sp³-hybridized carbons (Fsp3) is 0.727. The molecule has 6 nitrogen and oxygen atoms in total. The number of hydrogen-bond donors (Lipinski definition) is 1. The van der Waals surface area contributed by atoms with Gasteiger partial charge in [0.15, 0.2) is 0 Å². The maximum Gasteiger partial charge on any atom is 0.333 e. The van der Waals surface area contributed by atoms with Crippen molar-refractivity contribution in [2.45, 2.75) is 26.7 Å². The Hall–Kier alpha value is -0.920. The highest BCUT2D eigenvalue weighted by Gasteiger charge is 2.11. The van der Waals surface area contributed by atoms with Crippen LogP contribution in [-0.2, 0) is 23.8 Å². The number of hydrogen-bond acceptors (Lipinski definition) is 6. The molecule has 0 aliphatic carbocycles. The van der Waals surface area contributed by atoms with Crippen LogP contribution in [0.5, 0.6) is 0 Å². The first-order valence-corrected chi connectivity index (χ1v) is 7.23. The van der Waals surface area contributed by atoms with Crippen LogP contribution in [0, 0.1) is 0 Å². The lowest BCUT2D eigenvalue weighted by atomic mass is 10.1. The summed E-state index contributed by atoms with van der Waals surface area (Å²) in [6.07, 6.45) is 0.851. The zero-order chi connectivity index (χ0) is 14.2. The van der Waals surface area contributed by atoms with Crippen LogP contribution < -0.4 is 5.73 Å². The van der Waals surface area contributed by atoms with Gasteiger partial charge in [-0.05, 0) is 33.2 Å². The Balaban J connectivity index is 4.09. The average Bonchev–Trinajstić information content (AvgIpc) is 2.33. The molecule has 0 atom stereocenters. The molecular weight excluding hydrogens is 258 g/mol. The highest BCUT2D eigenvalue weighted by Crippen LogP contribution is 2.09. The molecule has 0 fully saturated rings. The topological polar surface area (TPSA) is 95.7 Å². The van der Waals surface area contributed by atoms with Gasteiger partial charge in [-0.15, -0.1) is 0 Å². The second kappa shape index (κ2) is 8.23. The lowest BCUT2D eigenvalue weighted by Gasteiger charge is -2.07. The van der Waals surface area contributed by atoms with Crippen molar-refractivity contribution in [3.63, 3.8) is 0 Å². The van der Waals surface area contributed by atoms with Crippen LogP contribution in [0.25, 0.3) is 0 Å². The molecule has 106 valence electrons. The van der Waals surface area contributed by atoms with Crippen molar-refractivity contribution >= 4 is 16.1 Å². The van der Waals surface area contributed by atoms with Crippen LogP contribution in [0.1, 0.15) is 26.7 Å². The van der Waals surface area contributed by atoms with Crippen LogP contribution in [0.3, 0.4) is 0 Å². The van der Waals surface area contributed by atoms with Crippen molar-refractivity contribution in [1.82, 2.24) is 0 Å². The summed E-state index contributed by atoms with van der Waals surface area (Å²) in [5.74, 6) is -0.600. The summed E-state index contributed by atoms with van der Waals surface area (Å²) < 4.78 is 31.2. The van der Waals surface area contributed by atoms with E-state index >= 15 is 0 Å². The normalized spacial score (nSPS) is 13.1. The van der Waals surface area contributed by atoms with Gasteiger partial charge in [0.2, 0.25) is 0 Å². The van der Waals surface area contributed by atoms with Crippen molar-refractivity contribution in [3.05, 3.63) is 11.1 Å². The third-order valence-corrected chi connectivity index (χ3v) is 3.79. The fourth-order valence-corrected chi connectivity index (χ4v) is 1.81. The fourth-order valence-electron chi connectivity index (χ4n) is 1.17. The van der Waals surface area contributed by atoms with Crippen molar-refractivity contribution in [3.8, 4) is 0 Å². The van der Waals surface area contributed by atoms with Crippen molar-refractivity contribution < 1.29 is 22.1 Å². The molecule has 0 aromatic rings. The Morgan fingerprint density at radius 1 is 1.28 bits per heavy atom. The number of rotatable bonds is 8. The van der Waals surface area contributed by atoms with E-state index in [1.165, 1.54) is 0 Å². The molecule has 0 aromatic heterocycles. The predicted molar refractivity (Wildman–Crippen MR) is 68.4 cm³/mol. The summed E-state index contributed by atoms with van der Waals surface area (Å²) in [4.78, 5) is 11.6. The molecule has 7 heteroatoms. The maximum atomic E-state index is 11.6. The number of ether oxygens (including phenoxy) is 1. The molecule has 0 rings (SSSR count). The molecule has 0 saturated heterocycles. The van der Waals surface area contributed by atoms with Gasteiger partial charge < -0.3 is 10.5 Å². The highest BCUT2D eigenvalue weighted by molar-refractivity contribution is 7.86. The molecule has 0 aliphatic rings. The Kier molecular flexibility index (Phi) is 7.81. The summed E-state index contributed by atoms with van der Waals surface area (Å²) in [5, 5.41) is 0. The molecule has 0 aromatic carbocycles. The van der Waals surface area contributed by atoms with Crippen LogP contribution in [0.2, 0.25) is 0 Å². The minimum Gasteiger partial charge on any atom is -0.462 e. The third-order valence-electron chi connectivity index (χ3n) is 2.49. The van der Waals surface area contributed by atoms with Gasteiger partial charge in [0.05, 0.1) is 19.5 Å². The van der Waals surface area contributed by atoms with E-state index in [1.807, 2.05) is 6.92 Å². The van der Waals surface area contributed by atoms with Gasteiger partial charge in [0.1, 0.15) is 0 Å². The van der Waals surface area contributed by atoms with Crippen molar-refractivity contribution in [1.29, 1.82) is 0 Å². The minimum absolute atomic E-state index is 0.0503. The monoisotopic (exact) mass is 279 g/mol. The molecule has 0 amide bonds. The van der Waals surface area contributed by atoms with Gasteiger partial charge >= 0.3 is 5.97 Å². The van der Waals surface area contributed by atoms with Gasteiger partial charge in [0.25, 0.3) is 10.1 Å². The third kappa shape index (κ3) is 6.73. The van der Waals surface area contributed by atoms with E-state index in [0.717, 1.165) is 12.7 Å². The summed E-state index contributed by atoms with van der Waals surface area (Å²) in [6.45, 7) is 4.01. The number of carbonyl (C=O) groups excluding carboxylic acids is 1. The van der Waals surface area contributed by atoms with Gasteiger partial charge in [-0.1, -0.05) is 5.57 Å². The minimum atomic E-state index is -3.48. The van der Waals surface area contributed by atoms with E-state index in [9.17, 15) is 13.2 Å². The summed E-state index contributed by atoms with van der Waals surface area (Å²) in [5.41, 5.74) is 6.79. The average molecular weight is 279 g/mol. The predicted octanol–water partition coefficient (Wildman–Crippen LogP) is 0.581. The molecule has 0 bridgehead atoms. The number of carbonyl (C=O) groups is 1. The molecule has 2 N–H and O–H groups in total. The Morgan fingerprint density at radius 2 is 1.89 bits per heavy atom. The molecule has 0 saturated carbocycles.